The van der Waals surface area contributed by atoms with Crippen molar-refractivity contribution in [2.75, 3.05) is 6.61 Å². The van der Waals surface area contributed by atoms with Crippen molar-refractivity contribution >= 4 is 6.08 Å². The van der Waals surface area contributed by atoms with Crippen molar-refractivity contribution in [2.24, 2.45) is 17.3 Å². The second-order valence-corrected chi connectivity index (χ2v) is 6.73. The van der Waals surface area contributed by atoms with Gasteiger partial charge in [0.05, 0.1) is 12.7 Å². The van der Waals surface area contributed by atoms with E-state index in [4.69, 9.17) is 4.74 Å². The van der Waals surface area contributed by atoms with E-state index in [9.17, 15) is 0 Å². The van der Waals surface area contributed by atoms with Crippen LogP contribution in [0.15, 0.2) is 36.4 Å². The van der Waals surface area contributed by atoms with E-state index < -0.39 is 0 Å². The molecule has 1 aromatic rings. The van der Waals surface area contributed by atoms with Gasteiger partial charge >= 0.3 is 0 Å². The summed E-state index contributed by atoms with van der Waals surface area (Å²) in [6, 6.07) is 10.6. The zero-order valence-corrected chi connectivity index (χ0v) is 12.0. The average Bonchev–Trinajstić information content (AvgIpc) is 2.74. The zero-order chi connectivity index (χ0) is 13.3. The van der Waals surface area contributed by atoms with Crippen LogP contribution in [0.4, 0.5) is 0 Å². The van der Waals surface area contributed by atoms with Crippen molar-refractivity contribution in [3.63, 3.8) is 0 Å². The van der Waals surface area contributed by atoms with Gasteiger partial charge in [-0.1, -0.05) is 62.8 Å². The molecule has 3 rings (SSSR count). The minimum absolute atomic E-state index is 0.330. The molecule has 2 aliphatic rings. The molecule has 1 aliphatic carbocycles. The Morgan fingerprint density at radius 2 is 1.95 bits per heavy atom. The highest BCUT2D eigenvalue weighted by molar-refractivity contribution is 5.49. The Morgan fingerprint density at radius 3 is 2.74 bits per heavy atom. The van der Waals surface area contributed by atoms with Crippen LogP contribution in [0.2, 0.25) is 0 Å². The van der Waals surface area contributed by atoms with E-state index in [1.54, 1.807) is 0 Å². The number of hydrogen-bond acceptors (Lipinski definition) is 1. The lowest BCUT2D eigenvalue weighted by Gasteiger charge is -2.37. The van der Waals surface area contributed by atoms with Crippen molar-refractivity contribution < 1.29 is 4.74 Å². The minimum Gasteiger partial charge on any atom is -0.377 e. The molecule has 1 saturated carbocycles. The highest BCUT2D eigenvalue weighted by atomic mass is 16.5. The van der Waals surface area contributed by atoms with Gasteiger partial charge < -0.3 is 4.74 Å². The van der Waals surface area contributed by atoms with Crippen LogP contribution in [0, 0.1) is 17.3 Å². The van der Waals surface area contributed by atoms with Crippen LogP contribution in [-0.4, -0.2) is 12.7 Å². The first-order chi connectivity index (χ1) is 9.17. The summed E-state index contributed by atoms with van der Waals surface area (Å²) in [5.41, 5.74) is 1.64. The minimum atomic E-state index is 0.330. The molecule has 3 atom stereocenters. The van der Waals surface area contributed by atoms with Gasteiger partial charge in [-0.3, -0.25) is 0 Å². The maximum absolute atomic E-state index is 6.02. The van der Waals surface area contributed by atoms with Crippen LogP contribution < -0.4 is 0 Å². The van der Waals surface area contributed by atoms with Crippen LogP contribution in [-0.2, 0) is 4.74 Å². The number of fused-ring (bicyclic) bond motifs is 1. The molecule has 0 N–H and O–H groups in total. The first-order valence-electron chi connectivity index (χ1n) is 7.52. The standard InChI is InChI=1S/C18H24O/c1-18(2)13-19-16-10-6-9-15(17(16)18)12-11-14-7-4-3-5-8-14/h3-5,7-8,11-12,15-17H,6,9-10,13H2,1-2H3/b12-11+/t15-,16+,17-/m1/s1. The smallest absolute Gasteiger partial charge is 0.0615 e. The van der Waals surface area contributed by atoms with Gasteiger partial charge in [0.2, 0.25) is 0 Å². The van der Waals surface area contributed by atoms with Gasteiger partial charge in [0.1, 0.15) is 0 Å². The van der Waals surface area contributed by atoms with Crippen molar-refractivity contribution in [3.05, 3.63) is 42.0 Å². The largest absolute Gasteiger partial charge is 0.377 e. The summed E-state index contributed by atoms with van der Waals surface area (Å²) in [5, 5.41) is 0. The highest BCUT2D eigenvalue weighted by Crippen LogP contribution is 2.49. The fraction of sp³-hybridized carbons (Fsp3) is 0.556. The molecule has 0 amide bonds. The number of hydrogen-bond donors (Lipinski definition) is 0. The fourth-order valence-electron chi connectivity index (χ4n) is 3.89. The van der Waals surface area contributed by atoms with Crippen LogP contribution in [0.3, 0.4) is 0 Å². The van der Waals surface area contributed by atoms with Crippen LogP contribution in [0.5, 0.6) is 0 Å². The number of ether oxygens (including phenoxy) is 1. The molecule has 19 heavy (non-hydrogen) atoms. The lowest BCUT2D eigenvalue weighted by molar-refractivity contribution is 0.0524. The van der Waals surface area contributed by atoms with Crippen LogP contribution in [0.25, 0.3) is 6.08 Å². The van der Waals surface area contributed by atoms with Crippen molar-refractivity contribution in [2.45, 2.75) is 39.2 Å². The Hall–Kier alpha value is -1.08. The van der Waals surface area contributed by atoms with Gasteiger partial charge in [0.15, 0.2) is 0 Å². The third kappa shape index (κ3) is 2.62. The Balaban J connectivity index is 1.78. The molecule has 0 bridgehead atoms. The first kappa shape index (κ1) is 12.9. The molecule has 0 radical (unpaired) electrons. The van der Waals surface area contributed by atoms with Gasteiger partial charge in [-0.05, 0) is 35.7 Å². The van der Waals surface area contributed by atoms with Gasteiger partial charge in [-0.2, -0.15) is 0 Å². The summed E-state index contributed by atoms with van der Waals surface area (Å²) in [6.07, 6.45) is 9.10. The maximum atomic E-state index is 6.02. The zero-order valence-electron chi connectivity index (χ0n) is 12.0. The van der Waals surface area contributed by atoms with E-state index in [0.29, 0.717) is 23.4 Å². The molecule has 0 unspecified atom stereocenters. The summed E-state index contributed by atoms with van der Waals surface area (Å²) >= 11 is 0. The summed E-state index contributed by atoms with van der Waals surface area (Å²) in [7, 11) is 0. The van der Waals surface area contributed by atoms with Crippen molar-refractivity contribution in [3.8, 4) is 0 Å². The Morgan fingerprint density at radius 1 is 1.16 bits per heavy atom. The lowest BCUT2D eigenvalue weighted by Crippen LogP contribution is -2.35. The second kappa shape index (κ2) is 5.13. The Labute approximate surface area is 116 Å². The lowest BCUT2D eigenvalue weighted by atomic mass is 9.66. The summed E-state index contributed by atoms with van der Waals surface area (Å²) in [6.45, 7) is 5.66. The van der Waals surface area contributed by atoms with Crippen LogP contribution >= 0.6 is 0 Å². The van der Waals surface area contributed by atoms with E-state index in [-0.39, 0.29) is 0 Å². The van der Waals surface area contributed by atoms with Gasteiger partial charge in [0, 0.05) is 0 Å². The molecule has 1 saturated heterocycles. The number of allylic oxidation sites excluding steroid dienone is 1. The third-order valence-electron chi connectivity index (χ3n) is 4.80. The summed E-state index contributed by atoms with van der Waals surface area (Å²) < 4.78 is 6.02. The Bertz CT molecular complexity index is 446. The molecule has 1 heterocycles. The topological polar surface area (TPSA) is 9.23 Å². The first-order valence-corrected chi connectivity index (χ1v) is 7.52. The summed E-state index contributed by atoms with van der Waals surface area (Å²) in [5.74, 6) is 1.37. The summed E-state index contributed by atoms with van der Waals surface area (Å²) in [4.78, 5) is 0. The maximum Gasteiger partial charge on any atom is 0.0615 e. The molecule has 1 heteroatoms. The molecule has 0 spiro atoms. The van der Waals surface area contributed by atoms with E-state index in [0.717, 1.165) is 6.61 Å². The van der Waals surface area contributed by atoms with Crippen LogP contribution in [0.1, 0.15) is 38.7 Å². The van der Waals surface area contributed by atoms with E-state index in [2.05, 4.69) is 56.3 Å². The molecular weight excluding hydrogens is 232 g/mol. The average molecular weight is 256 g/mol. The Kier molecular flexibility index (Phi) is 3.49. The van der Waals surface area contributed by atoms with Gasteiger partial charge in [-0.15, -0.1) is 0 Å². The monoisotopic (exact) mass is 256 g/mol. The number of rotatable bonds is 2. The molecule has 1 aromatic carbocycles. The van der Waals surface area contributed by atoms with Crippen molar-refractivity contribution in [1.82, 2.24) is 0 Å². The third-order valence-corrected chi connectivity index (χ3v) is 4.80. The van der Waals surface area contributed by atoms with Gasteiger partial charge in [-0.25, -0.2) is 0 Å². The molecule has 0 aromatic heterocycles. The van der Waals surface area contributed by atoms with E-state index in [1.165, 1.54) is 24.8 Å². The molecule has 2 fully saturated rings. The highest BCUT2D eigenvalue weighted by Gasteiger charge is 2.47. The number of benzene rings is 1. The predicted octanol–water partition coefficient (Wildman–Crippen LogP) is 4.54. The molecular formula is C18H24O. The SMILES string of the molecule is CC1(C)CO[C@H]2CCC[C@H](/C=C/c3ccccc3)[C@H]21. The predicted molar refractivity (Wildman–Crippen MR) is 79.8 cm³/mol. The van der Waals surface area contributed by atoms with Crippen molar-refractivity contribution in [1.29, 1.82) is 0 Å². The van der Waals surface area contributed by atoms with E-state index in [1.807, 2.05) is 0 Å². The quantitative estimate of drug-likeness (QED) is 0.754. The van der Waals surface area contributed by atoms with E-state index >= 15 is 0 Å². The van der Waals surface area contributed by atoms with Gasteiger partial charge in [0.25, 0.3) is 0 Å². The second-order valence-electron chi connectivity index (χ2n) is 6.73. The molecule has 102 valence electrons. The normalized spacial score (nSPS) is 33.5. The molecule has 1 nitrogen and oxygen atoms in total. The fourth-order valence-corrected chi connectivity index (χ4v) is 3.89. The molecule has 1 aliphatic heterocycles.